The molecule has 1 amide bonds. The van der Waals surface area contributed by atoms with Crippen molar-refractivity contribution < 1.29 is 27.8 Å². The predicted molar refractivity (Wildman–Crippen MR) is 96.8 cm³/mol. The maximum atomic E-state index is 12.3. The van der Waals surface area contributed by atoms with Crippen LogP contribution in [0.25, 0.3) is 0 Å². The standard InChI is InChI=1S/C17H19F2N3O4S/c1-3-8-25-15-6-7-20-17(22-15)27-10-14(23)21-11-4-5-12(26-16(18)19)13(9-11)24-2/h4-7,9,16H,3,8,10H2,1-2H3,(H,21,23). The number of carbonyl (C=O) groups is 1. The monoisotopic (exact) mass is 399 g/mol. The minimum Gasteiger partial charge on any atom is -0.493 e. The molecular formula is C17H19F2N3O4S. The van der Waals surface area contributed by atoms with Gasteiger partial charge >= 0.3 is 6.61 Å². The number of hydrogen-bond acceptors (Lipinski definition) is 7. The third-order valence-corrected chi connectivity index (χ3v) is 3.92. The number of alkyl halides is 2. The first-order chi connectivity index (χ1) is 13.0. The number of hydrogen-bond donors (Lipinski definition) is 1. The lowest BCUT2D eigenvalue weighted by molar-refractivity contribution is -0.113. The van der Waals surface area contributed by atoms with E-state index in [9.17, 15) is 13.6 Å². The second kappa shape index (κ2) is 10.5. The number of halogens is 2. The Balaban J connectivity index is 1.92. The Bertz CT molecular complexity index is 765. The molecule has 0 unspecified atom stereocenters. The van der Waals surface area contributed by atoms with Crippen molar-refractivity contribution in [2.24, 2.45) is 0 Å². The topological polar surface area (TPSA) is 82.6 Å². The molecule has 0 saturated carbocycles. The second-order valence-corrected chi connectivity index (χ2v) is 6.05. The molecule has 0 spiro atoms. The Hall–Kier alpha value is -2.62. The molecule has 27 heavy (non-hydrogen) atoms. The van der Waals surface area contributed by atoms with Crippen LogP contribution in [0.2, 0.25) is 0 Å². The van der Waals surface area contributed by atoms with Crippen LogP contribution in [0, 0.1) is 0 Å². The third kappa shape index (κ3) is 6.89. The third-order valence-electron chi connectivity index (χ3n) is 3.06. The maximum absolute atomic E-state index is 12.3. The van der Waals surface area contributed by atoms with Gasteiger partial charge < -0.3 is 19.5 Å². The highest BCUT2D eigenvalue weighted by Gasteiger charge is 2.13. The highest BCUT2D eigenvalue weighted by molar-refractivity contribution is 7.99. The van der Waals surface area contributed by atoms with E-state index in [1.165, 1.54) is 25.3 Å². The Morgan fingerprint density at radius 2 is 2.11 bits per heavy atom. The molecule has 1 aromatic carbocycles. The van der Waals surface area contributed by atoms with E-state index in [2.05, 4.69) is 20.0 Å². The highest BCUT2D eigenvalue weighted by atomic mass is 32.2. The lowest BCUT2D eigenvalue weighted by Gasteiger charge is -2.12. The van der Waals surface area contributed by atoms with Crippen molar-refractivity contribution in [2.45, 2.75) is 25.1 Å². The van der Waals surface area contributed by atoms with Crippen molar-refractivity contribution in [3.05, 3.63) is 30.5 Å². The molecule has 0 aliphatic carbocycles. The molecule has 0 atom stereocenters. The van der Waals surface area contributed by atoms with E-state index < -0.39 is 6.61 Å². The van der Waals surface area contributed by atoms with Crippen molar-refractivity contribution in [3.8, 4) is 17.4 Å². The number of thioether (sulfide) groups is 1. The van der Waals surface area contributed by atoms with Gasteiger partial charge in [0.1, 0.15) is 0 Å². The zero-order chi connectivity index (χ0) is 19.6. The molecule has 0 bridgehead atoms. The van der Waals surface area contributed by atoms with Crippen molar-refractivity contribution >= 4 is 23.4 Å². The van der Waals surface area contributed by atoms with Crippen LogP contribution >= 0.6 is 11.8 Å². The average molecular weight is 399 g/mol. The summed E-state index contributed by atoms with van der Waals surface area (Å²) in [6.45, 7) is -0.426. The fourth-order valence-electron chi connectivity index (χ4n) is 1.95. The Kier molecular flexibility index (Phi) is 8.05. The molecule has 0 aliphatic rings. The van der Waals surface area contributed by atoms with Gasteiger partial charge in [-0.2, -0.15) is 13.8 Å². The SMILES string of the molecule is CCCOc1ccnc(SCC(=O)Nc2ccc(OC(F)F)c(OC)c2)n1. The molecular weight excluding hydrogens is 380 g/mol. The van der Waals surface area contributed by atoms with E-state index in [4.69, 9.17) is 9.47 Å². The molecule has 2 rings (SSSR count). The number of nitrogens with zero attached hydrogens (tertiary/aromatic N) is 2. The minimum absolute atomic E-state index is 0.0643. The number of aromatic nitrogens is 2. The van der Waals surface area contributed by atoms with Gasteiger partial charge in [-0.1, -0.05) is 18.7 Å². The zero-order valence-corrected chi connectivity index (χ0v) is 15.6. The lowest BCUT2D eigenvalue weighted by Crippen LogP contribution is -2.14. The number of benzene rings is 1. The molecule has 7 nitrogen and oxygen atoms in total. The van der Waals surface area contributed by atoms with Gasteiger partial charge in [0.25, 0.3) is 0 Å². The fraction of sp³-hybridized carbons (Fsp3) is 0.353. The van der Waals surface area contributed by atoms with Crippen LogP contribution in [0.3, 0.4) is 0 Å². The first-order valence-electron chi connectivity index (χ1n) is 8.03. The summed E-state index contributed by atoms with van der Waals surface area (Å²) in [4.78, 5) is 20.4. The van der Waals surface area contributed by atoms with Gasteiger partial charge in [0.2, 0.25) is 11.8 Å². The summed E-state index contributed by atoms with van der Waals surface area (Å²) in [5.74, 6) is 0.179. The van der Waals surface area contributed by atoms with Crippen LogP contribution in [-0.2, 0) is 4.79 Å². The number of ether oxygens (including phenoxy) is 3. The quantitative estimate of drug-likeness (QED) is 0.483. The first kappa shape index (κ1) is 20.7. The number of carbonyl (C=O) groups excluding carboxylic acids is 1. The van der Waals surface area contributed by atoms with E-state index in [-0.39, 0.29) is 23.2 Å². The number of anilines is 1. The smallest absolute Gasteiger partial charge is 0.387 e. The summed E-state index contributed by atoms with van der Waals surface area (Å²) >= 11 is 1.15. The number of nitrogens with one attached hydrogen (secondary N) is 1. The van der Waals surface area contributed by atoms with Gasteiger partial charge in [0.15, 0.2) is 16.7 Å². The van der Waals surface area contributed by atoms with E-state index in [1.807, 2.05) is 6.92 Å². The number of amides is 1. The minimum atomic E-state index is -2.96. The van der Waals surface area contributed by atoms with Crippen molar-refractivity contribution in [3.63, 3.8) is 0 Å². The summed E-state index contributed by atoms with van der Waals surface area (Å²) in [5, 5.41) is 3.06. The maximum Gasteiger partial charge on any atom is 0.387 e. The van der Waals surface area contributed by atoms with Gasteiger partial charge in [-0.25, -0.2) is 4.98 Å². The lowest BCUT2D eigenvalue weighted by atomic mass is 10.2. The number of methoxy groups -OCH3 is 1. The summed E-state index contributed by atoms with van der Waals surface area (Å²) in [6.07, 6.45) is 2.42. The van der Waals surface area contributed by atoms with Crippen LogP contribution in [0.1, 0.15) is 13.3 Å². The molecule has 146 valence electrons. The molecule has 2 aromatic rings. The summed E-state index contributed by atoms with van der Waals surface area (Å²) in [6, 6.07) is 5.79. The zero-order valence-electron chi connectivity index (χ0n) is 14.8. The molecule has 1 aromatic heterocycles. The first-order valence-corrected chi connectivity index (χ1v) is 9.01. The second-order valence-electron chi connectivity index (χ2n) is 5.11. The van der Waals surface area contributed by atoms with E-state index in [0.717, 1.165) is 18.2 Å². The Morgan fingerprint density at radius 1 is 1.30 bits per heavy atom. The van der Waals surface area contributed by atoms with Crippen LogP contribution in [0.15, 0.2) is 35.6 Å². The van der Waals surface area contributed by atoms with E-state index >= 15 is 0 Å². The average Bonchev–Trinajstić information content (AvgIpc) is 2.66. The van der Waals surface area contributed by atoms with Gasteiger partial charge in [0.05, 0.1) is 19.5 Å². The van der Waals surface area contributed by atoms with Crippen molar-refractivity contribution in [1.82, 2.24) is 9.97 Å². The van der Waals surface area contributed by atoms with E-state index in [1.54, 1.807) is 12.3 Å². The van der Waals surface area contributed by atoms with Crippen LogP contribution in [0.5, 0.6) is 17.4 Å². The molecule has 10 heteroatoms. The molecule has 0 saturated heterocycles. The molecule has 1 heterocycles. The largest absolute Gasteiger partial charge is 0.493 e. The van der Waals surface area contributed by atoms with Crippen molar-refractivity contribution in [1.29, 1.82) is 0 Å². The highest BCUT2D eigenvalue weighted by Crippen LogP contribution is 2.31. The molecule has 0 fully saturated rings. The fourth-order valence-corrected chi connectivity index (χ4v) is 2.57. The normalized spacial score (nSPS) is 10.6. The molecule has 1 N–H and O–H groups in total. The Morgan fingerprint density at radius 3 is 2.81 bits per heavy atom. The molecule has 0 aliphatic heterocycles. The molecule has 0 radical (unpaired) electrons. The van der Waals surface area contributed by atoms with Crippen LogP contribution in [0.4, 0.5) is 14.5 Å². The van der Waals surface area contributed by atoms with Crippen molar-refractivity contribution in [2.75, 3.05) is 24.8 Å². The van der Waals surface area contributed by atoms with Gasteiger partial charge in [-0.3, -0.25) is 4.79 Å². The summed E-state index contributed by atoms with van der Waals surface area (Å²) in [7, 11) is 1.32. The summed E-state index contributed by atoms with van der Waals surface area (Å²) < 4.78 is 39.4. The van der Waals surface area contributed by atoms with E-state index in [0.29, 0.717) is 23.3 Å². The van der Waals surface area contributed by atoms with Crippen LogP contribution in [-0.4, -0.2) is 42.0 Å². The predicted octanol–water partition coefficient (Wildman–Crippen LogP) is 3.61. The van der Waals surface area contributed by atoms with Gasteiger partial charge in [-0.05, 0) is 18.6 Å². The Labute approximate surface area is 159 Å². The van der Waals surface area contributed by atoms with Gasteiger partial charge in [-0.15, -0.1) is 0 Å². The summed E-state index contributed by atoms with van der Waals surface area (Å²) in [5.41, 5.74) is 0.389. The van der Waals surface area contributed by atoms with Crippen LogP contribution < -0.4 is 19.5 Å². The number of rotatable bonds is 10. The van der Waals surface area contributed by atoms with Gasteiger partial charge in [0, 0.05) is 24.0 Å².